The number of carboxylic acid groups (broad SMARTS) is 1. The van der Waals surface area contributed by atoms with Crippen molar-refractivity contribution in [3.8, 4) is 5.88 Å². The molecule has 0 fully saturated rings. The smallest absolute Gasteiger partial charge is 0.374 e. The number of para-hydroxylation sites is 1. The van der Waals surface area contributed by atoms with E-state index in [1.54, 1.807) is 12.1 Å². The quantitative estimate of drug-likeness (QED) is 0.894. The Morgan fingerprint density at radius 2 is 2.11 bits per heavy atom. The average Bonchev–Trinajstić information content (AvgIpc) is 2.38. The van der Waals surface area contributed by atoms with Crippen molar-refractivity contribution in [2.45, 2.75) is 32.8 Å². The molecular weight excluding hydrogens is 244 g/mol. The molecule has 1 aromatic heterocycles. The normalized spacial score (nSPS) is 12.3. The summed E-state index contributed by atoms with van der Waals surface area (Å²) in [6.45, 7) is 4.02. The van der Waals surface area contributed by atoms with Crippen molar-refractivity contribution in [2.24, 2.45) is 0 Å². The zero-order valence-electron chi connectivity index (χ0n) is 11.0. The molecule has 1 heterocycles. The number of hydrogen-bond acceptors (Lipinski definition) is 4. The van der Waals surface area contributed by atoms with Crippen molar-refractivity contribution in [3.63, 3.8) is 0 Å². The first-order valence-electron chi connectivity index (χ1n) is 6.28. The molecule has 2 rings (SSSR count). The molecule has 0 radical (unpaired) electrons. The van der Waals surface area contributed by atoms with Gasteiger partial charge in [0.1, 0.15) is 0 Å². The van der Waals surface area contributed by atoms with Crippen molar-refractivity contribution >= 4 is 16.9 Å². The topological polar surface area (TPSA) is 72.3 Å². The van der Waals surface area contributed by atoms with Gasteiger partial charge in [0.15, 0.2) is 0 Å². The van der Waals surface area contributed by atoms with Crippen LogP contribution in [0.5, 0.6) is 5.88 Å². The Bertz CT molecular complexity index is 598. The number of carbonyl (C=O) groups is 1. The summed E-state index contributed by atoms with van der Waals surface area (Å²) in [5.41, 5.74) is 0.577. The van der Waals surface area contributed by atoms with Crippen molar-refractivity contribution in [1.29, 1.82) is 0 Å². The van der Waals surface area contributed by atoms with Gasteiger partial charge in [0, 0.05) is 0 Å². The van der Waals surface area contributed by atoms with E-state index in [4.69, 9.17) is 9.84 Å². The van der Waals surface area contributed by atoms with E-state index in [-0.39, 0.29) is 11.9 Å². The molecule has 19 heavy (non-hydrogen) atoms. The van der Waals surface area contributed by atoms with Crippen LogP contribution in [0.25, 0.3) is 10.9 Å². The van der Waals surface area contributed by atoms with Crippen LogP contribution in [0.3, 0.4) is 0 Å². The van der Waals surface area contributed by atoms with E-state index in [1.165, 1.54) is 0 Å². The van der Waals surface area contributed by atoms with Crippen molar-refractivity contribution < 1.29 is 14.6 Å². The van der Waals surface area contributed by atoms with E-state index in [0.717, 1.165) is 18.2 Å². The third-order valence-electron chi connectivity index (χ3n) is 2.77. The van der Waals surface area contributed by atoms with Crippen LogP contribution in [0.4, 0.5) is 0 Å². The highest BCUT2D eigenvalue weighted by Crippen LogP contribution is 2.23. The predicted molar refractivity (Wildman–Crippen MR) is 71.5 cm³/mol. The fourth-order valence-corrected chi connectivity index (χ4v) is 1.89. The number of benzene rings is 1. The molecule has 0 aliphatic rings. The minimum absolute atomic E-state index is 0.00930. The Balaban J connectivity index is 2.47. The zero-order valence-corrected chi connectivity index (χ0v) is 11.0. The largest absolute Gasteiger partial charge is 0.475 e. The van der Waals surface area contributed by atoms with Gasteiger partial charge in [0.2, 0.25) is 11.7 Å². The Labute approximate surface area is 111 Å². The third-order valence-corrected chi connectivity index (χ3v) is 2.77. The number of hydrogen-bond donors (Lipinski definition) is 1. The SMILES string of the molecule is CCCC(C)Oc1nc(C(=O)O)nc2ccccc12. The molecule has 2 aromatic rings. The van der Waals surface area contributed by atoms with Gasteiger partial charge in [-0.2, -0.15) is 4.98 Å². The third kappa shape index (κ3) is 2.99. The summed E-state index contributed by atoms with van der Waals surface area (Å²) >= 11 is 0. The number of fused-ring (bicyclic) bond motifs is 1. The summed E-state index contributed by atoms with van der Waals surface area (Å²) in [6.07, 6.45) is 1.88. The number of carboxylic acids is 1. The van der Waals surface area contributed by atoms with Gasteiger partial charge in [-0.25, -0.2) is 9.78 Å². The summed E-state index contributed by atoms with van der Waals surface area (Å²) < 4.78 is 5.74. The van der Waals surface area contributed by atoms with Crippen LogP contribution in [0.2, 0.25) is 0 Å². The molecule has 1 unspecified atom stereocenters. The van der Waals surface area contributed by atoms with E-state index in [9.17, 15) is 4.79 Å². The standard InChI is InChI=1S/C14H16N2O3/c1-3-6-9(2)19-13-10-7-4-5-8-11(10)15-12(16-13)14(17)18/h4-5,7-9H,3,6H2,1-2H3,(H,17,18). The molecule has 5 heteroatoms. The van der Waals surface area contributed by atoms with E-state index in [1.807, 2.05) is 19.1 Å². The molecule has 0 aliphatic carbocycles. The van der Waals surface area contributed by atoms with Crippen LogP contribution in [-0.4, -0.2) is 27.1 Å². The van der Waals surface area contributed by atoms with Gasteiger partial charge in [-0.1, -0.05) is 25.5 Å². The molecule has 0 aliphatic heterocycles. The molecule has 0 amide bonds. The molecule has 0 spiro atoms. The maximum Gasteiger partial charge on any atom is 0.374 e. The highest BCUT2D eigenvalue weighted by Gasteiger charge is 2.15. The summed E-state index contributed by atoms with van der Waals surface area (Å²) in [5.74, 6) is -1.06. The summed E-state index contributed by atoms with van der Waals surface area (Å²) in [5, 5.41) is 9.76. The van der Waals surface area contributed by atoms with Crippen molar-refractivity contribution in [2.75, 3.05) is 0 Å². The van der Waals surface area contributed by atoms with Crippen molar-refractivity contribution in [3.05, 3.63) is 30.1 Å². The molecule has 0 saturated heterocycles. The fraction of sp³-hybridized carbons (Fsp3) is 0.357. The molecule has 1 aromatic carbocycles. The lowest BCUT2D eigenvalue weighted by Crippen LogP contribution is -2.14. The molecule has 1 atom stereocenters. The lowest BCUT2D eigenvalue weighted by Gasteiger charge is -2.14. The highest BCUT2D eigenvalue weighted by molar-refractivity contribution is 5.89. The molecule has 5 nitrogen and oxygen atoms in total. The van der Waals surface area contributed by atoms with Crippen molar-refractivity contribution in [1.82, 2.24) is 9.97 Å². The second-order valence-corrected chi connectivity index (χ2v) is 4.39. The molecular formula is C14H16N2O3. The van der Waals surface area contributed by atoms with Gasteiger partial charge in [0.25, 0.3) is 0 Å². The molecule has 0 saturated carbocycles. The first-order chi connectivity index (χ1) is 9.11. The van der Waals surface area contributed by atoms with E-state index in [2.05, 4.69) is 16.9 Å². The minimum Gasteiger partial charge on any atom is -0.475 e. The molecule has 100 valence electrons. The number of aromatic nitrogens is 2. The number of rotatable bonds is 5. The Morgan fingerprint density at radius 1 is 1.37 bits per heavy atom. The predicted octanol–water partition coefficient (Wildman–Crippen LogP) is 2.90. The molecule has 0 bridgehead atoms. The van der Waals surface area contributed by atoms with Gasteiger partial charge in [-0.15, -0.1) is 0 Å². The van der Waals surface area contributed by atoms with Crippen LogP contribution in [0.15, 0.2) is 24.3 Å². The number of ether oxygens (including phenoxy) is 1. The fourth-order valence-electron chi connectivity index (χ4n) is 1.89. The first kappa shape index (κ1) is 13.3. The molecule has 1 N–H and O–H groups in total. The average molecular weight is 260 g/mol. The van der Waals surface area contributed by atoms with E-state index in [0.29, 0.717) is 11.4 Å². The Hall–Kier alpha value is -2.17. The van der Waals surface area contributed by atoms with Gasteiger partial charge >= 0.3 is 5.97 Å². The van der Waals surface area contributed by atoms with Crippen LogP contribution >= 0.6 is 0 Å². The lowest BCUT2D eigenvalue weighted by molar-refractivity contribution is 0.0681. The monoisotopic (exact) mass is 260 g/mol. The first-order valence-corrected chi connectivity index (χ1v) is 6.28. The van der Waals surface area contributed by atoms with E-state index >= 15 is 0 Å². The van der Waals surface area contributed by atoms with Crippen LogP contribution < -0.4 is 4.74 Å². The van der Waals surface area contributed by atoms with Gasteiger partial charge in [-0.05, 0) is 25.5 Å². The number of aromatic carboxylic acids is 1. The summed E-state index contributed by atoms with van der Waals surface area (Å²) in [4.78, 5) is 19.0. The van der Waals surface area contributed by atoms with E-state index < -0.39 is 5.97 Å². The number of nitrogens with zero attached hydrogens (tertiary/aromatic N) is 2. The second kappa shape index (κ2) is 5.65. The summed E-state index contributed by atoms with van der Waals surface area (Å²) in [6, 6.07) is 7.24. The maximum atomic E-state index is 11.0. The van der Waals surface area contributed by atoms with Gasteiger partial charge in [0.05, 0.1) is 17.0 Å². The van der Waals surface area contributed by atoms with Crippen LogP contribution in [-0.2, 0) is 0 Å². The second-order valence-electron chi connectivity index (χ2n) is 4.39. The van der Waals surface area contributed by atoms with Gasteiger partial charge in [-0.3, -0.25) is 0 Å². The lowest BCUT2D eigenvalue weighted by atomic mass is 10.2. The Morgan fingerprint density at radius 3 is 2.79 bits per heavy atom. The van der Waals surface area contributed by atoms with Crippen LogP contribution in [0.1, 0.15) is 37.3 Å². The highest BCUT2D eigenvalue weighted by atomic mass is 16.5. The Kier molecular flexibility index (Phi) is 3.94. The summed E-state index contributed by atoms with van der Waals surface area (Å²) in [7, 11) is 0. The minimum atomic E-state index is -1.15. The van der Waals surface area contributed by atoms with Crippen LogP contribution in [0, 0.1) is 0 Å². The zero-order chi connectivity index (χ0) is 13.8. The maximum absolute atomic E-state index is 11.0. The van der Waals surface area contributed by atoms with Gasteiger partial charge < -0.3 is 9.84 Å².